The van der Waals surface area contributed by atoms with Gasteiger partial charge in [-0.05, 0) is 54.7 Å². The Balaban J connectivity index is 1.66. The first kappa shape index (κ1) is 23.8. The van der Waals surface area contributed by atoms with Crippen molar-refractivity contribution in [2.45, 2.75) is 65.1 Å². The van der Waals surface area contributed by atoms with Crippen molar-refractivity contribution in [2.24, 2.45) is 11.8 Å². The lowest BCUT2D eigenvalue weighted by molar-refractivity contribution is -0.134. The number of carbonyl (C=O) groups is 1. The van der Waals surface area contributed by atoms with Gasteiger partial charge in [0, 0.05) is 38.2 Å². The van der Waals surface area contributed by atoms with Crippen LogP contribution in [0.5, 0.6) is 5.75 Å². The minimum atomic E-state index is -0.244. The Hall–Kier alpha value is -1.86. The average molecular weight is 447 g/mol. The van der Waals surface area contributed by atoms with Crippen LogP contribution in [0.3, 0.4) is 0 Å². The van der Waals surface area contributed by atoms with Crippen LogP contribution in [-0.2, 0) is 4.79 Å². The largest absolute Gasteiger partial charge is 0.497 e. The molecule has 2 saturated heterocycles. The summed E-state index contributed by atoms with van der Waals surface area (Å²) in [5, 5.41) is 7.83. The number of piperidine rings is 1. The Bertz CT molecular complexity index is 759. The molecule has 0 aliphatic carbocycles. The van der Waals surface area contributed by atoms with E-state index < -0.39 is 0 Å². The highest BCUT2D eigenvalue weighted by atomic mass is 32.1. The SMILES string of the molecule is CC[C@@H](C)CN1C(=O)[C@H](CC(C)C)NC12CCN(C(=S)Nc1ccc(OC)cc1)CC2. The van der Waals surface area contributed by atoms with Gasteiger partial charge >= 0.3 is 0 Å². The average Bonchev–Trinajstić information content (AvgIpc) is 2.99. The first-order valence-corrected chi connectivity index (χ1v) is 12.0. The fourth-order valence-electron chi connectivity index (χ4n) is 4.57. The van der Waals surface area contributed by atoms with Gasteiger partial charge in [-0.25, -0.2) is 0 Å². The zero-order valence-corrected chi connectivity index (χ0v) is 20.4. The molecule has 2 heterocycles. The number of amides is 1. The first-order valence-electron chi connectivity index (χ1n) is 11.6. The zero-order valence-electron chi connectivity index (χ0n) is 19.6. The fraction of sp³-hybridized carbons (Fsp3) is 0.667. The van der Waals surface area contributed by atoms with Crippen molar-refractivity contribution < 1.29 is 9.53 Å². The second-order valence-corrected chi connectivity index (χ2v) is 9.85. The molecule has 0 radical (unpaired) electrons. The second kappa shape index (κ2) is 10.2. The lowest BCUT2D eigenvalue weighted by Gasteiger charge is -2.46. The summed E-state index contributed by atoms with van der Waals surface area (Å²) in [5.41, 5.74) is 0.711. The summed E-state index contributed by atoms with van der Waals surface area (Å²) in [6, 6.07) is 7.72. The smallest absolute Gasteiger partial charge is 0.241 e. The molecule has 1 aromatic rings. The molecule has 2 N–H and O–H groups in total. The lowest BCUT2D eigenvalue weighted by Crippen LogP contribution is -2.60. The van der Waals surface area contributed by atoms with E-state index in [-0.39, 0.29) is 17.6 Å². The highest BCUT2D eigenvalue weighted by Crippen LogP contribution is 2.35. The summed E-state index contributed by atoms with van der Waals surface area (Å²) in [7, 11) is 1.66. The minimum Gasteiger partial charge on any atom is -0.497 e. The number of anilines is 1. The maximum Gasteiger partial charge on any atom is 0.241 e. The number of thiocarbonyl (C=S) groups is 1. The molecular weight excluding hydrogens is 408 g/mol. The van der Waals surface area contributed by atoms with Gasteiger partial charge in [0.1, 0.15) is 5.75 Å². The molecule has 31 heavy (non-hydrogen) atoms. The lowest BCUT2D eigenvalue weighted by atomic mass is 9.94. The van der Waals surface area contributed by atoms with Gasteiger partial charge in [0.25, 0.3) is 0 Å². The van der Waals surface area contributed by atoms with Gasteiger partial charge in [-0.3, -0.25) is 10.1 Å². The van der Waals surface area contributed by atoms with E-state index in [0.29, 0.717) is 11.8 Å². The molecule has 2 aliphatic rings. The maximum absolute atomic E-state index is 13.3. The van der Waals surface area contributed by atoms with Gasteiger partial charge in [0.05, 0.1) is 18.8 Å². The van der Waals surface area contributed by atoms with Crippen LogP contribution in [0.15, 0.2) is 24.3 Å². The van der Waals surface area contributed by atoms with Crippen LogP contribution in [0.2, 0.25) is 0 Å². The van der Waals surface area contributed by atoms with E-state index >= 15 is 0 Å². The number of benzene rings is 1. The topological polar surface area (TPSA) is 56.8 Å². The van der Waals surface area contributed by atoms with Gasteiger partial charge in [-0.2, -0.15) is 0 Å². The molecule has 0 unspecified atom stereocenters. The van der Waals surface area contributed by atoms with Crippen molar-refractivity contribution in [2.75, 3.05) is 32.1 Å². The Morgan fingerprint density at radius 3 is 2.45 bits per heavy atom. The predicted octanol–water partition coefficient (Wildman–Crippen LogP) is 4.08. The Labute approximate surface area is 192 Å². The minimum absolute atomic E-state index is 0.0695. The molecule has 2 atom stereocenters. The van der Waals surface area contributed by atoms with Crippen molar-refractivity contribution in [3.8, 4) is 5.75 Å². The van der Waals surface area contributed by atoms with Crippen LogP contribution in [0.1, 0.15) is 53.4 Å². The van der Waals surface area contributed by atoms with Crippen LogP contribution in [0, 0.1) is 11.8 Å². The van der Waals surface area contributed by atoms with E-state index in [0.717, 1.165) is 61.9 Å². The molecule has 0 aromatic heterocycles. The van der Waals surface area contributed by atoms with E-state index in [9.17, 15) is 4.79 Å². The molecule has 7 heteroatoms. The highest BCUT2D eigenvalue weighted by molar-refractivity contribution is 7.80. The van der Waals surface area contributed by atoms with E-state index in [4.69, 9.17) is 17.0 Å². The van der Waals surface area contributed by atoms with Gasteiger partial charge in [0.15, 0.2) is 5.11 Å². The van der Waals surface area contributed by atoms with Crippen LogP contribution in [-0.4, -0.2) is 59.3 Å². The van der Waals surface area contributed by atoms with Gasteiger partial charge < -0.3 is 19.9 Å². The van der Waals surface area contributed by atoms with Crippen LogP contribution >= 0.6 is 12.2 Å². The third-order valence-electron chi connectivity index (χ3n) is 6.64. The molecule has 2 aliphatic heterocycles. The summed E-state index contributed by atoms with van der Waals surface area (Å²) >= 11 is 5.68. The number of hydrogen-bond acceptors (Lipinski definition) is 4. The van der Waals surface area contributed by atoms with E-state index in [1.54, 1.807) is 7.11 Å². The van der Waals surface area contributed by atoms with Crippen molar-refractivity contribution in [1.29, 1.82) is 0 Å². The molecular formula is C24H38N4O2S. The van der Waals surface area contributed by atoms with Gasteiger partial charge in [0.2, 0.25) is 5.91 Å². The number of methoxy groups -OCH3 is 1. The molecule has 2 fully saturated rings. The number of carbonyl (C=O) groups excluding carboxylic acids is 1. The molecule has 1 aromatic carbocycles. The fourth-order valence-corrected chi connectivity index (χ4v) is 4.87. The summed E-state index contributed by atoms with van der Waals surface area (Å²) in [5.74, 6) is 2.09. The normalized spacial score (nSPS) is 21.6. The van der Waals surface area contributed by atoms with Crippen molar-refractivity contribution in [1.82, 2.24) is 15.1 Å². The second-order valence-electron chi connectivity index (χ2n) is 9.47. The Kier molecular flexibility index (Phi) is 7.81. The third-order valence-corrected chi connectivity index (χ3v) is 7.00. The number of nitrogens with zero attached hydrogens (tertiary/aromatic N) is 2. The molecule has 172 valence electrons. The van der Waals surface area contributed by atoms with E-state index in [2.05, 4.69) is 48.1 Å². The highest BCUT2D eigenvalue weighted by Gasteiger charge is 2.51. The van der Waals surface area contributed by atoms with Crippen LogP contribution < -0.4 is 15.4 Å². The monoisotopic (exact) mass is 446 g/mol. The third kappa shape index (κ3) is 5.50. The summed E-state index contributed by atoms with van der Waals surface area (Å²) in [6.07, 6.45) is 3.73. The Morgan fingerprint density at radius 1 is 1.26 bits per heavy atom. The molecule has 3 rings (SSSR count). The van der Waals surface area contributed by atoms with Gasteiger partial charge in [-0.1, -0.05) is 34.1 Å². The summed E-state index contributed by atoms with van der Waals surface area (Å²) in [6.45, 7) is 11.3. The molecule has 1 amide bonds. The zero-order chi connectivity index (χ0) is 22.6. The quantitative estimate of drug-likeness (QED) is 0.616. The number of rotatable bonds is 7. The Morgan fingerprint density at radius 2 is 1.90 bits per heavy atom. The van der Waals surface area contributed by atoms with Gasteiger partial charge in [-0.15, -0.1) is 0 Å². The summed E-state index contributed by atoms with van der Waals surface area (Å²) < 4.78 is 5.22. The number of hydrogen-bond donors (Lipinski definition) is 2. The van der Waals surface area contributed by atoms with E-state index in [1.165, 1.54) is 0 Å². The molecule has 0 bridgehead atoms. The van der Waals surface area contributed by atoms with Crippen LogP contribution in [0.25, 0.3) is 0 Å². The molecule has 0 saturated carbocycles. The summed E-state index contributed by atoms with van der Waals surface area (Å²) in [4.78, 5) is 17.7. The molecule has 1 spiro atoms. The van der Waals surface area contributed by atoms with Crippen LogP contribution in [0.4, 0.5) is 5.69 Å². The van der Waals surface area contributed by atoms with Crippen molar-refractivity contribution in [3.05, 3.63) is 24.3 Å². The van der Waals surface area contributed by atoms with E-state index in [1.807, 2.05) is 24.3 Å². The number of nitrogens with one attached hydrogen (secondary N) is 2. The first-order chi connectivity index (χ1) is 14.8. The number of ether oxygens (including phenoxy) is 1. The standard InChI is InChI=1S/C24H38N4O2S/c1-6-18(4)16-28-22(29)21(15-17(2)3)26-24(28)11-13-27(14-12-24)23(31)25-19-7-9-20(30-5)10-8-19/h7-10,17-18,21,26H,6,11-16H2,1-5H3,(H,25,31)/t18-,21+/m1/s1. The van der Waals surface area contributed by atoms with Crippen molar-refractivity contribution in [3.63, 3.8) is 0 Å². The predicted molar refractivity (Wildman–Crippen MR) is 130 cm³/mol. The van der Waals surface area contributed by atoms with Crippen molar-refractivity contribution >= 4 is 28.9 Å². The number of likely N-dealkylation sites (tertiary alicyclic amines) is 1. The molecule has 6 nitrogen and oxygen atoms in total. The maximum atomic E-state index is 13.3.